The Kier molecular flexibility index (Phi) is 4.48. The number of esters is 1. The lowest BCUT2D eigenvalue weighted by molar-refractivity contribution is -0.153. The van der Waals surface area contributed by atoms with E-state index in [2.05, 4.69) is 6.92 Å². The summed E-state index contributed by atoms with van der Waals surface area (Å²) in [7, 11) is 0. The SMILES string of the molecule is CC1CCC(N)(C(=O)OCc2ccc(Cl)cc2)CC1. The molecule has 19 heavy (non-hydrogen) atoms. The molecule has 2 N–H and O–H groups in total. The highest BCUT2D eigenvalue weighted by atomic mass is 35.5. The van der Waals surface area contributed by atoms with Crippen LogP contribution < -0.4 is 5.73 Å². The summed E-state index contributed by atoms with van der Waals surface area (Å²) in [6.45, 7) is 2.45. The number of carbonyl (C=O) groups is 1. The van der Waals surface area contributed by atoms with Crippen molar-refractivity contribution in [3.63, 3.8) is 0 Å². The zero-order valence-electron chi connectivity index (χ0n) is 11.2. The van der Waals surface area contributed by atoms with Gasteiger partial charge in [-0.3, -0.25) is 4.79 Å². The van der Waals surface area contributed by atoms with Crippen LogP contribution in [0.2, 0.25) is 5.02 Å². The van der Waals surface area contributed by atoms with Gasteiger partial charge in [0.25, 0.3) is 0 Å². The van der Waals surface area contributed by atoms with Crippen LogP contribution in [-0.2, 0) is 16.1 Å². The van der Waals surface area contributed by atoms with Crippen molar-refractivity contribution >= 4 is 17.6 Å². The van der Waals surface area contributed by atoms with Crippen molar-refractivity contribution in [1.82, 2.24) is 0 Å². The fraction of sp³-hybridized carbons (Fsp3) is 0.533. The lowest BCUT2D eigenvalue weighted by Gasteiger charge is -2.33. The average molecular weight is 282 g/mol. The molecule has 1 aliphatic carbocycles. The second-order valence-corrected chi connectivity index (χ2v) is 5.98. The number of halogens is 1. The molecule has 0 radical (unpaired) electrons. The summed E-state index contributed by atoms with van der Waals surface area (Å²) in [5, 5.41) is 0.673. The van der Waals surface area contributed by atoms with Gasteiger partial charge < -0.3 is 10.5 Å². The third-order valence-electron chi connectivity index (χ3n) is 3.86. The summed E-state index contributed by atoms with van der Waals surface area (Å²) in [5.74, 6) is 0.370. The van der Waals surface area contributed by atoms with E-state index < -0.39 is 5.54 Å². The molecule has 4 heteroatoms. The maximum absolute atomic E-state index is 12.1. The van der Waals surface area contributed by atoms with Crippen molar-refractivity contribution in [2.45, 2.75) is 44.8 Å². The molecule has 2 rings (SSSR count). The molecule has 0 unspecified atom stereocenters. The molecule has 0 spiro atoms. The van der Waals surface area contributed by atoms with E-state index in [0.717, 1.165) is 18.4 Å². The first-order chi connectivity index (χ1) is 8.99. The van der Waals surface area contributed by atoms with E-state index in [4.69, 9.17) is 22.1 Å². The van der Waals surface area contributed by atoms with Crippen LogP contribution in [0.1, 0.15) is 38.2 Å². The standard InChI is InChI=1S/C15H20ClNO2/c1-11-6-8-15(17,9-7-11)14(18)19-10-12-2-4-13(16)5-3-12/h2-5,11H,6-10,17H2,1H3. The molecule has 0 atom stereocenters. The molecule has 0 bridgehead atoms. The van der Waals surface area contributed by atoms with Crippen molar-refractivity contribution in [1.29, 1.82) is 0 Å². The van der Waals surface area contributed by atoms with Crippen molar-refractivity contribution < 1.29 is 9.53 Å². The zero-order chi connectivity index (χ0) is 13.9. The summed E-state index contributed by atoms with van der Waals surface area (Å²) in [6, 6.07) is 7.26. The average Bonchev–Trinajstić information content (AvgIpc) is 2.41. The number of benzene rings is 1. The first kappa shape index (κ1) is 14.4. The molecule has 1 aromatic carbocycles. The van der Waals surface area contributed by atoms with Gasteiger partial charge in [-0.05, 0) is 49.3 Å². The van der Waals surface area contributed by atoms with E-state index in [1.54, 1.807) is 12.1 Å². The first-order valence-electron chi connectivity index (χ1n) is 6.70. The van der Waals surface area contributed by atoms with Gasteiger partial charge in [0.1, 0.15) is 12.1 Å². The molecule has 1 fully saturated rings. The summed E-state index contributed by atoms with van der Waals surface area (Å²) in [4.78, 5) is 12.1. The van der Waals surface area contributed by atoms with E-state index in [1.165, 1.54) is 0 Å². The lowest BCUT2D eigenvalue weighted by atomic mass is 9.78. The Labute approximate surface area is 119 Å². The Morgan fingerprint density at radius 3 is 2.53 bits per heavy atom. The van der Waals surface area contributed by atoms with Gasteiger partial charge in [-0.25, -0.2) is 0 Å². The van der Waals surface area contributed by atoms with E-state index in [-0.39, 0.29) is 12.6 Å². The Balaban J connectivity index is 1.88. The Morgan fingerprint density at radius 2 is 1.95 bits per heavy atom. The third kappa shape index (κ3) is 3.71. The number of ether oxygens (including phenoxy) is 1. The van der Waals surface area contributed by atoms with Gasteiger partial charge in [0, 0.05) is 5.02 Å². The maximum atomic E-state index is 12.1. The molecule has 1 aromatic rings. The summed E-state index contributed by atoms with van der Waals surface area (Å²) in [6.07, 6.45) is 3.42. The van der Waals surface area contributed by atoms with Crippen molar-refractivity contribution in [3.05, 3.63) is 34.9 Å². The number of nitrogens with two attached hydrogens (primary N) is 1. The predicted molar refractivity (Wildman–Crippen MR) is 75.8 cm³/mol. The Hall–Kier alpha value is -1.06. The monoisotopic (exact) mass is 281 g/mol. The van der Waals surface area contributed by atoms with Gasteiger partial charge in [0.15, 0.2) is 0 Å². The van der Waals surface area contributed by atoms with E-state index in [9.17, 15) is 4.79 Å². The van der Waals surface area contributed by atoms with Crippen LogP contribution in [0.5, 0.6) is 0 Å². The molecule has 0 amide bonds. The third-order valence-corrected chi connectivity index (χ3v) is 4.11. The topological polar surface area (TPSA) is 52.3 Å². The van der Waals surface area contributed by atoms with Crippen LogP contribution in [0, 0.1) is 5.92 Å². The van der Waals surface area contributed by atoms with Crippen LogP contribution in [0.3, 0.4) is 0 Å². The molecular weight excluding hydrogens is 262 g/mol. The van der Waals surface area contributed by atoms with Gasteiger partial charge in [-0.15, -0.1) is 0 Å². The van der Waals surface area contributed by atoms with Crippen molar-refractivity contribution in [3.8, 4) is 0 Å². The largest absolute Gasteiger partial charge is 0.459 e. The van der Waals surface area contributed by atoms with Crippen LogP contribution >= 0.6 is 11.6 Å². The molecule has 104 valence electrons. The molecule has 0 heterocycles. The number of rotatable bonds is 3. The Bertz CT molecular complexity index is 436. The number of carbonyl (C=O) groups excluding carboxylic acids is 1. The minimum atomic E-state index is -0.793. The highest BCUT2D eigenvalue weighted by Crippen LogP contribution is 2.31. The predicted octanol–water partition coefficient (Wildman–Crippen LogP) is 3.29. The number of hydrogen-bond acceptors (Lipinski definition) is 3. The van der Waals surface area contributed by atoms with E-state index >= 15 is 0 Å². The molecular formula is C15H20ClNO2. The zero-order valence-corrected chi connectivity index (χ0v) is 12.0. The van der Waals surface area contributed by atoms with Crippen LogP contribution in [0.4, 0.5) is 0 Å². The van der Waals surface area contributed by atoms with Crippen molar-refractivity contribution in [2.75, 3.05) is 0 Å². The second kappa shape index (κ2) is 5.93. The van der Waals surface area contributed by atoms with E-state index in [0.29, 0.717) is 23.8 Å². The molecule has 1 saturated carbocycles. The second-order valence-electron chi connectivity index (χ2n) is 5.54. The van der Waals surface area contributed by atoms with Gasteiger partial charge in [0.05, 0.1) is 0 Å². The van der Waals surface area contributed by atoms with Crippen LogP contribution in [-0.4, -0.2) is 11.5 Å². The molecule has 1 aliphatic rings. The Morgan fingerprint density at radius 1 is 1.37 bits per heavy atom. The summed E-state index contributed by atoms with van der Waals surface area (Å²) < 4.78 is 5.34. The molecule has 0 aromatic heterocycles. The number of hydrogen-bond donors (Lipinski definition) is 1. The molecule has 0 saturated heterocycles. The fourth-order valence-electron chi connectivity index (χ4n) is 2.35. The van der Waals surface area contributed by atoms with Crippen molar-refractivity contribution in [2.24, 2.45) is 11.7 Å². The van der Waals surface area contributed by atoms with Crippen LogP contribution in [0.25, 0.3) is 0 Å². The lowest BCUT2D eigenvalue weighted by Crippen LogP contribution is -2.51. The fourth-order valence-corrected chi connectivity index (χ4v) is 2.48. The minimum Gasteiger partial charge on any atom is -0.459 e. The smallest absolute Gasteiger partial charge is 0.326 e. The normalized spacial score (nSPS) is 27.0. The van der Waals surface area contributed by atoms with Gasteiger partial charge in [0.2, 0.25) is 0 Å². The highest BCUT2D eigenvalue weighted by molar-refractivity contribution is 6.30. The van der Waals surface area contributed by atoms with E-state index in [1.807, 2.05) is 12.1 Å². The van der Waals surface area contributed by atoms with Crippen LogP contribution in [0.15, 0.2) is 24.3 Å². The minimum absolute atomic E-state index is 0.254. The van der Waals surface area contributed by atoms with Gasteiger partial charge in [-0.2, -0.15) is 0 Å². The quantitative estimate of drug-likeness (QED) is 0.865. The highest BCUT2D eigenvalue weighted by Gasteiger charge is 2.38. The molecule has 0 aliphatic heterocycles. The molecule has 3 nitrogen and oxygen atoms in total. The van der Waals surface area contributed by atoms with Gasteiger partial charge >= 0.3 is 5.97 Å². The first-order valence-corrected chi connectivity index (χ1v) is 7.08. The summed E-state index contributed by atoms with van der Waals surface area (Å²) in [5.41, 5.74) is 6.29. The maximum Gasteiger partial charge on any atom is 0.326 e. The van der Waals surface area contributed by atoms with Gasteiger partial charge in [-0.1, -0.05) is 30.7 Å². The summed E-state index contributed by atoms with van der Waals surface area (Å²) >= 11 is 5.80.